The molecule has 0 radical (unpaired) electrons. The van der Waals surface area contributed by atoms with Gasteiger partial charge in [-0.05, 0) is 64.7 Å². The molecule has 0 saturated heterocycles. The largest absolute Gasteiger partial charge is 0.258 e. The summed E-state index contributed by atoms with van der Waals surface area (Å²) in [5.74, 6) is 0. The highest BCUT2D eigenvalue weighted by atomic mass is 14.8. The molecular formula is C17H26N2. The predicted molar refractivity (Wildman–Crippen MR) is 86.8 cm³/mol. The van der Waals surface area contributed by atoms with Crippen LogP contribution >= 0.6 is 0 Å². The molecule has 0 aliphatic carbocycles. The van der Waals surface area contributed by atoms with Crippen molar-refractivity contribution in [1.82, 2.24) is 0 Å². The number of hydrogen-bond donors (Lipinski definition) is 0. The summed E-state index contributed by atoms with van der Waals surface area (Å²) in [6.45, 7) is 14.7. The third-order valence-electron chi connectivity index (χ3n) is 3.14. The SMILES string of the molecule is CCc1cc(N=C(C)C)c(C)c(N=C(C)C)c1CC. The predicted octanol–water partition coefficient (Wildman–Crippen LogP) is 5.34. The monoisotopic (exact) mass is 258 g/mol. The highest BCUT2D eigenvalue weighted by Gasteiger charge is 2.13. The van der Waals surface area contributed by atoms with Crippen LogP contribution in [0, 0.1) is 6.92 Å². The minimum atomic E-state index is 1.02. The number of benzene rings is 1. The number of aliphatic imine (C=N–C) groups is 2. The van der Waals surface area contributed by atoms with Gasteiger partial charge >= 0.3 is 0 Å². The van der Waals surface area contributed by atoms with Crippen molar-refractivity contribution in [1.29, 1.82) is 0 Å². The number of nitrogens with zero attached hydrogens (tertiary/aromatic N) is 2. The van der Waals surface area contributed by atoms with Crippen molar-refractivity contribution >= 4 is 22.8 Å². The Bertz CT molecular complexity index is 515. The van der Waals surface area contributed by atoms with Crippen LogP contribution in [0.25, 0.3) is 0 Å². The van der Waals surface area contributed by atoms with Crippen LogP contribution in [0.2, 0.25) is 0 Å². The molecule has 0 fully saturated rings. The highest BCUT2D eigenvalue weighted by molar-refractivity contribution is 5.86. The van der Waals surface area contributed by atoms with E-state index >= 15 is 0 Å². The average molecular weight is 258 g/mol. The van der Waals surface area contributed by atoms with Gasteiger partial charge < -0.3 is 0 Å². The second-order valence-electron chi connectivity index (χ2n) is 5.33. The fraction of sp³-hybridized carbons (Fsp3) is 0.529. The fourth-order valence-corrected chi connectivity index (χ4v) is 2.30. The van der Waals surface area contributed by atoms with Crippen LogP contribution in [0.5, 0.6) is 0 Å². The van der Waals surface area contributed by atoms with Gasteiger partial charge in [0.1, 0.15) is 0 Å². The molecule has 0 atom stereocenters. The number of aryl methyl sites for hydroxylation is 1. The van der Waals surface area contributed by atoms with Crippen LogP contribution < -0.4 is 0 Å². The minimum Gasteiger partial charge on any atom is -0.258 e. The lowest BCUT2D eigenvalue weighted by atomic mass is 9.96. The molecule has 0 aromatic heterocycles. The Labute approximate surface area is 117 Å². The molecule has 0 amide bonds. The van der Waals surface area contributed by atoms with Crippen molar-refractivity contribution < 1.29 is 0 Å². The van der Waals surface area contributed by atoms with E-state index in [0.29, 0.717) is 0 Å². The van der Waals surface area contributed by atoms with E-state index in [1.807, 2.05) is 27.7 Å². The van der Waals surface area contributed by atoms with Crippen LogP contribution in [0.3, 0.4) is 0 Å². The second kappa shape index (κ2) is 6.65. The Balaban J connectivity index is 3.65. The lowest BCUT2D eigenvalue weighted by Crippen LogP contribution is -1.96. The van der Waals surface area contributed by atoms with Crippen LogP contribution in [0.1, 0.15) is 58.2 Å². The quantitative estimate of drug-likeness (QED) is 0.651. The molecule has 2 heteroatoms. The van der Waals surface area contributed by atoms with E-state index in [-0.39, 0.29) is 0 Å². The minimum absolute atomic E-state index is 1.02. The smallest absolute Gasteiger partial charge is 0.0714 e. The molecule has 0 heterocycles. The Hall–Kier alpha value is -1.44. The zero-order valence-corrected chi connectivity index (χ0v) is 13.4. The van der Waals surface area contributed by atoms with Gasteiger partial charge in [0.25, 0.3) is 0 Å². The van der Waals surface area contributed by atoms with E-state index in [9.17, 15) is 0 Å². The Morgan fingerprint density at radius 2 is 1.53 bits per heavy atom. The first kappa shape index (κ1) is 15.6. The summed E-state index contributed by atoms with van der Waals surface area (Å²) in [5, 5.41) is 0. The molecule has 1 aromatic rings. The summed E-state index contributed by atoms with van der Waals surface area (Å²) < 4.78 is 0. The third-order valence-corrected chi connectivity index (χ3v) is 3.14. The maximum absolute atomic E-state index is 4.75. The van der Waals surface area contributed by atoms with E-state index in [1.54, 1.807) is 0 Å². The molecule has 1 rings (SSSR count). The molecule has 0 bridgehead atoms. The maximum atomic E-state index is 4.75. The summed E-state index contributed by atoms with van der Waals surface area (Å²) in [5.41, 5.74) is 8.29. The Morgan fingerprint density at radius 1 is 0.947 bits per heavy atom. The summed E-state index contributed by atoms with van der Waals surface area (Å²) in [4.78, 5) is 9.41. The molecule has 19 heavy (non-hydrogen) atoms. The molecular weight excluding hydrogens is 232 g/mol. The standard InChI is InChI=1S/C17H26N2/c1-8-14-10-16(18-11(3)4)13(7)17(15(14)9-2)19-12(5)6/h10H,8-9H2,1-7H3. The fourth-order valence-electron chi connectivity index (χ4n) is 2.30. The molecule has 2 nitrogen and oxygen atoms in total. The van der Waals surface area contributed by atoms with Crippen LogP contribution in [-0.2, 0) is 12.8 Å². The van der Waals surface area contributed by atoms with Gasteiger partial charge in [-0.2, -0.15) is 0 Å². The van der Waals surface area contributed by atoms with Crippen molar-refractivity contribution in [2.45, 2.75) is 61.3 Å². The number of hydrogen-bond acceptors (Lipinski definition) is 2. The van der Waals surface area contributed by atoms with E-state index in [1.165, 1.54) is 16.7 Å². The van der Waals surface area contributed by atoms with E-state index in [0.717, 1.165) is 35.6 Å². The van der Waals surface area contributed by atoms with E-state index < -0.39 is 0 Å². The van der Waals surface area contributed by atoms with Crippen molar-refractivity contribution in [3.63, 3.8) is 0 Å². The summed E-state index contributed by atoms with van der Waals surface area (Å²) in [7, 11) is 0. The maximum Gasteiger partial charge on any atom is 0.0714 e. The topological polar surface area (TPSA) is 24.7 Å². The van der Waals surface area contributed by atoms with E-state index in [2.05, 4.69) is 31.8 Å². The first-order valence-electron chi connectivity index (χ1n) is 7.09. The van der Waals surface area contributed by atoms with Gasteiger partial charge in [0.2, 0.25) is 0 Å². The third kappa shape index (κ3) is 3.76. The lowest BCUT2D eigenvalue weighted by molar-refractivity contribution is 1.03. The summed E-state index contributed by atoms with van der Waals surface area (Å²) in [6.07, 6.45) is 2.05. The van der Waals surface area contributed by atoms with Gasteiger partial charge in [-0.1, -0.05) is 13.8 Å². The average Bonchev–Trinajstić information content (AvgIpc) is 2.32. The molecule has 0 aliphatic rings. The van der Waals surface area contributed by atoms with Gasteiger partial charge in [-0.3, -0.25) is 9.98 Å². The van der Waals surface area contributed by atoms with Gasteiger partial charge in [0.15, 0.2) is 0 Å². The van der Waals surface area contributed by atoms with Gasteiger partial charge in [-0.25, -0.2) is 0 Å². The summed E-state index contributed by atoms with van der Waals surface area (Å²) in [6, 6.07) is 2.23. The molecule has 0 spiro atoms. The zero-order chi connectivity index (χ0) is 14.6. The molecule has 1 aromatic carbocycles. The van der Waals surface area contributed by atoms with Gasteiger partial charge in [0, 0.05) is 17.0 Å². The van der Waals surface area contributed by atoms with Gasteiger partial charge in [0.05, 0.1) is 11.4 Å². The zero-order valence-electron chi connectivity index (χ0n) is 13.4. The van der Waals surface area contributed by atoms with Crippen molar-refractivity contribution in [2.75, 3.05) is 0 Å². The van der Waals surface area contributed by atoms with Crippen molar-refractivity contribution in [3.8, 4) is 0 Å². The molecule has 0 saturated carbocycles. The molecule has 0 N–H and O–H groups in total. The Morgan fingerprint density at radius 3 is 1.95 bits per heavy atom. The number of rotatable bonds is 4. The van der Waals surface area contributed by atoms with Crippen LogP contribution in [0.15, 0.2) is 16.1 Å². The van der Waals surface area contributed by atoms with Crippen LogP contribution in [0.4, 0.5) is 11.4 Å². The van der Waals surface area contributed by atoms with Crippen LogP contribution in [-0.4, -0.2) is 11.4 Å². The van der Waals surface area contributed by atoms with Crippen molar-refractivity contribution in [3.05, 3.63) is 22.8 Å². The van der Waals surface area contributed by atoms with E-state index in [4.69, 9.17) is 4.99 Å². The molecule has 0 aliphatic heterocycles. The first-order valence-corrected chi connectivity index (χ1v) is 7.09. The van der Waals surface area contributed by atoms with Crippen molar-refractivity contribution in [2.24, 2.45) is 9.98 Å². The second-order valence-corrected chi connectivity index (χ2v) is 5.33. The lowest BCUT2D eigenvalue weighted by Gasteiger charge is -2.15. The molecule has 0 unspecified atom stereocenters. The Kier molecular flexibility index (Phi) is 5.46. The summed E-state index contributed by atoms with van der Waals surface area (Å²) >= 11 is 0. The first-order chi connectivity index (χ1) is 8.90. The normalized spacial score (nSPS) is 10.3. The molecule has 104 valence electrons. The highest BCUT2D eigenvalue weighted by Crippen LogP contribution is 2.36. The van der Waals surface area contributed by atoms with Gasteiger partial charge in [-0.15, -0.1) is 0 Å².